The molecule has 8 heteroatoms. The molecule has 2 heterocycles. The summed E-state index contributed by atoms with van der Waals surface area (Å²) in [5.74, 6) is 0.0890. The van der Waals surface area contributed by atoms with Gasteiger partial charge in [0.25, 0.3) is 0 Å². The van der Waals surface area contributed by atoms with Crippen molar-refractivity contribution in [2.75, 3.05) is 6.61 Å². The van der Waals surface area contributed by atoms with Gasteiger partial charge in [0.15, 0.2) is 0 Å². The highest BCUT2D eigenvalue weighted by Gasteiger charge is 2.30. The molecule has 0 atom stereocenters. The highest BCUT2D eigenvalue weighted by atomic mass is 19.4. The first-order chi connectivity index (χ1) is 15.8. The highest BCUT2D eigenvalue weighted by Crippen LogP contribution is 2.31. The van der Waals surface area contributed by atoms with Crippen molar-refractivity contribution < 1.29 is 27.4 Å². The molecule has 0 bridgehead atoms. The number of hydrogen-bond acceptors (Lipinski definition) is 4. The van der Waals surface area contributed by atoms with Crippen molar-refractivity contribution in [1.29, 1.82) is 0 Å². The number of aromatic nitrogens is 2. The van der Waals surface area contributed by atoms with Crippen molar-refractivity contribution in [3.63, 3.8) is 0 Å². The van der Waals surface area contributed by atoms with E-state index in [1.54, 1.807) is 25.1 Å². The number of esters is 1. The maximum Gasteiger partial charge on any atom is 0.417 e. The molecule has 0 spiro atoms. The summed E-state index contributed by atoms with van der Waals surface area (Å²) >= 11 is 0. The SMILES string of the molecule is CCOC(=O)/C=C/c1cn(-c2ccc(Oc3ccc(C(F)(F)F)cn3)cc2)c2ccccc12. The Hall–Kier alpha value is -4.07. The first-order valence-corrected chi connectivity index (χ1v) is 10.1. The smallest absolute Gasteiger partial charge is 0.417 e. The zero-order valence-corrected chi connectivity index (χ0v) is 17.5. The molecule has 0 aliphatic rings. The number of alkyl halides is 3. The van der Waals surface area contributed by atoms with Crippen LogP contribution in [0.5, 0.6) is 11.6 Å². The van der Waals surface area contributed by atoms with Crippen LogP contribution in [0, 0.1) is 0 Å². The highest BCUT2D eigenvalue weighted by molar-refractivity contribution is 5.95. The average molecular weight is 452 g/mol. The Morgan fingerprint density at radius 3 is 2.48 bits per heavy atom. The molecule has 0 unspecified atom stereocenters. The second-order valence-corrected chi connectivity index (χ2v) is 7.04. The van der Waals surface area contributed by atoms with E-state index in [4.69, 9.17) is 9.47 Å². The first-order valence-electron chi connectivity index (χ1n) is 10.1. The maximum absolute atomic E-state index is 12.7. The molecule has 0 radical (unpaired) electrons. The van der Waals surface area contributed by atoms with Gasteiger partial charge in [-0.05, 0) is 49.4 Å². The molecule has 0 saturated heterocycles. The normalized spacial score (nSPS) is 11.8. The Morgan fingerprint density at radius 2 is 1.82 bits per heavy atom. The standard InChI is InChI=1S/C25H19F3N2O3/c1-2-32-24(31)14-7-17-16-30(22-6-4-3-5-21(17)22)19-9-11-20(12-10-19)33-23-13-8-18(15-29-23)25(26,27)28/h3-16H,2H2,1H3/b14-7+. The van der Waals surface area contributed by atoms with E-state index in [0.29, 0.717) is 12.4 Å². The van der Waals surface area contributed by atoms with Crippen molar-refractivity contribution in [2.24, 2.45) is 0 Å². The summed E-state index contributed by atoms with van der Waals surface area (Å²) in [6.45, 7) is 2.06. The quantitative estimate of drug-likeness (QED) is 0.251. The van der Waals surface area contributed by atoms with E-state index < -0.39 is 17.7 Å². The Kier molecular flexibility index (Phi) is 6.17. The zero-order valence-electron chi connectivity index (χ0n) is 17.5. The number of pyridine rings is 1. The van der Waals surface area contributed by atoms with Crippen LogP contribution in [-0.2, 0) is 15.7 Å². The Labute approximate surface area is 187 Å². The first kappa shape index (κ1) is 22.1. The molecular formula is C25H19F3N2O3. The topological polar surface area (TPSA) is 53.4 Å². The van der Waals surface area contributed by atoms with Crippen molar-refractivity contribution in [3.8, 4) is 17.3 Å². The Bertz CT molecular complexity index is 1290. The van der Waals surface area contributed by atoms with Crippen LogP contribution >= 0.6 is 0 Å². The minimum Gasteiger partial charge on any atom is -0.463 e. The van der Waals surface area contributed by atoms with Crippen LogP contribution in [0.25, 0.3) is 22.7 Å². The number of ether oxygens (including phenoxy) is 2. The second-order valence-electron chi connectivity index (χ2n) is 7.04. The monoisotopic (exact) mass is 452 g/mol. The van der Waals surface area contributed by atoms with Gasteiger partial charge in [-0.15, -0.1) is 0 Å². The lowest BCUT2D eigenvalue weighted by Gasteiger charge is -2.09. The van der Waals surface area contributed by atoms with E-state index >= 15 is 0 Å². The fraction of sp³-hybridized carbons (Fsp3) is 0.120. The molecule has 2 aromatic carbocycles. The molecule has 4 aromatic rings. The molecule has 168 valence electrons. The number of rotatable bonds is 6. The van der Waals surface area contributed by atoms with E-state index in [2.05, 4.69) is 4.98 Å². The fourth-order valence-electron chi connectivity index (χ4n) is 3.30. The van der Waals surface area contributed by atoms with Gasteiger partial charge in [0.05, 0.1) is 17.7 Å². The molecule has 33 heavy (non-hydrogen) atoms. The molecule has 0 saturated carbocycles. The molecule has 0 fully saturated rings. The van der Waals surface area contributed by atoms with Gasteiger partial charge in [-0.1, -0.05) is 18.2 Å². The molecule has 4 rings (SSSR count). The van der Waals surface area contributed by atoms with Crippen LogP contribution in [0.2, 0.25) is 0 Å². The van der Waals surface area contributed by atoms with Crippen LogP contribution in [-0.4, -0.2) is 22.1 Å². The van der Waals surface area contributed by atoms with Gasteiger partial charge in [-0.25, -0.2) is 9.78 Å². The lowest BCUT2D eigenvalue weighted by atomic mass is 10.1. The number of carbonyl (C=O) groups is 1. The molecule has 2 aromatic heterocycles. The van der Waals surface area contributed by atoms with Gasteiger partial charge >= 0.3 is 12.1 Å². The summed E-state index contributed by atoms with van der Waals surface area (Å²) in [5.41, 5.74) is 1.80. The van der Waals surface area contributed by atoms with E-state index in [9.17, 15) is 18.0 Å². The molecule has 0 N–H and O–H groups in total. The fourth-order valence-corrected chi connectivity index (χ4v) is 3.30. The van der Waals surface area contributed by atoms with E-state index in [-0.39, 0.29) is 5.88 Å². The number of para-hydroxylation sites is 1. The Morgan fingerprint density at radius 1 is 1.06 bits per heavy atom. The number of halogens is 3. The summed E-state index contributed by atoms with van der Waals surface area (Å²) in [6, 6.07) is 16.9. The summed E-state index contributed by atoms with van der Waals surface area (Å²) in [7, 11) is 0. The van der Waals surface area contributed by atoms with Gasteiger partial charge in [-0.2, -0.15) is 13.2 Å². The van der Waals surface area contributed by atoms with Crippen LogP contribution in [0.4, 0.5) is 13.2 Å². The third-order valence-electron chi connectivity index (χ3n) is 4.83. The van der Waals surface area contributed by atoms with Crippen molar-refractivity contribution >= 4 is 22.9 Å². The third-order valence-corrected chi connectivity index (χ3v) is 4.83. The summed E-state index contributed by atoms with van der Waals surface area (Å²) in [6.07, 6.45) is 1.31. The zero-order chi connectivity index (χ0) is 23.4. The maximum atomic E-state index is 12.7. The van der Waals surface area contributed by atoms with Crippen LogP contribution < -0.4 is 4.74 Å². The van der Waals surface area contributed by atoms with Crippen molar-refractivity contribution in [2.45, 2.75) is 13.1 Å². The molecular weight excluding hydrogens is 433 g/mol. The average Bonchev–Trinajstić information content (AvgIpc) is 3.17. The number of fused-ring (bicyclic) bond motifs is 1. The predicted octanol–water partition coefficient (Wildman–Crippen LogP) is 6.41. The van der Waals surface area contributed by atoms with E-state index in [1.165, 1.54) is 12.1 Å². The predicted molar refractivity (Wildman–Crippen MR) is 118 cm³/mol. The van der Waals surface area contributed by atoms with Gasteiger partial charge in [0, 0.05) is 41.2 Å². The lowest BCUT2D eigenvalue weighted by molar-refractivity contribution is -0.138. The third kappa shape index (κ3) is 5.06. The molecule has 0 aliphatic carbocycles. The van der Waals surface area contributed by atoms with Crippen molar-refractivity contribution in [1.82, 2.24) is 9.55 Å². The summed E-state index contributed by atoms with van der Waals surface area (Å²) in [5, 5.41) is 0.965. The van der Waals surface area contributed by atoms with Crippen molar-refractivity contribution in [3.05, 3.63) is 90.3 Å². The van der Waals surface area contributed by atoms with Crippen LogP contribution in [0.1, 0.15) is 18.1 Å². The number of nitrogens with zero attached hydrogens (tertiary/aromatic N) is 2. The molecule has 0 aliphatic heterocycles. The minimum absolute atomic E-state index is 0.0635. The number of carbonyl (C=O) groups excluding carboxylic acids is 1. The lowest BCUT2D eigenvalue weighted by Crippen LogP contribution is -2.05. The van der Waals surface area contributed by atoms with E-state index in [0.717, 1.165) is 34.4 Å². The molecule has 5 nitrogen and oxygen atoms in total. The van der Waals surface area contributed by atoms with Gasteiger partial charge < -0.3 is 14.0 Å². The van der Waals surface area contributed by atoms with E-state index in [1.807, 2.05) is 47.2 Å². The van der Waals surface area contributed by atoms with Crippen LogP contribution in [0.3, 0.4) is 0 Å². The second kappa shape index (κ2) is 9.20. The summed E-state index contributed by atoms with van der Waals surface area (Å²) in [4.78, 5) is 15.4. The van der Waals surface area contributed by atoms with Gasteiger partial charge in [-0.3, -0.25) is 0 Å². The molecule has 0 amide bonds. The minimum atomic E-state index is -4.45. The Balaban J connectivity index is 1.57. The van der Waals surface area contributed by atoms with Gasteiger partial charge in [0.1, 0.15) is 5.75 Å². The largest absolute Gasteiger partial charge is 0.463 e. The van der Waals surface area contributed by atoms with Crippen LogP contribution in [0.15, 0.2) is 79.1 Å². The number of hydrogen-bond donors (Lipinski definition) is 0. The van der Waals surface area contributed by atoms with Gasteiger partial charge in [0.2, 0.25) is 5.88 Å². The summed E-state index contributed by atoms with van der Waals surface area (Å²) < 4.78 is 50.5. The number of benzene rings is 2.